The number of urea groups is 2. The van der Waals surface area contributed by atoms with E-state index >= 15 is 0 Å². The predicted octanol–water partition coefficient (Wildman–Crippen LogP) is 10.5. The molecule has 58 heavy (non-hydrogen) atoms. The van der Waals surface area contributed by atoms with Gasteiger partial charge in [0.2, 0.25) is 0 Å². The van der Waals surface area contributed by atoms with Gasteiger partial charge in [0.05, 0.1) is 14.2 Å². The lowest BCUT2D eigenvalue weighted by molar-refractivity contribution is 0.214. The lowest BCUT2D eigenvalue weighted by atomic mass is 10.0. The maximum atomic E-state index is 13.1. The number of aryl methyl sites for hydroxylation is 2. The zero-order valence-electron chi connectivity index (χ0n) is 32.0. The van der Waals surface area contributed by atoms with Gasteiger partial charge in [-0.1, -0.05) is 48.5 Å². The third-order valence-electron chi connectivity index (χ3n) is 8.58. The van der Waals surface area contributed by atoms with E-state index in [1.807, 2.05) is 26.0 Å². The number of benzene rings is 6. The highest BCUT2D eigenvalue weighted by atomic mass is 16.6. The zero-order chi connectivity index (χ0) is 41.0. The van der Waals surface area contributed by atoms with Crippen molar-refractivity contribution < 1.29 is 38.1 Å². The van der Waals surface area contributed by atoms with Crippen molar-refractivity contribution in [3.8, 4) is 34.1 Å². The number of carbonyl (C=O) groups excluding carboxylic acids is 4. The summed E-state index contributed by atoms with van der Waals surface area (Å²) < 4.78 is 22.0. The van der Waals surface area contributed by atoms with Crippen molar-refractivity contribution in [3.63, 3.8) is 0 Å². The molecule has 0 saturated heterocycles. The van der Waals surface area contributed by atoms with Crippen molar-refractivity contribution in [2.24, 2.45) is 0 Å². The summed E-state index contributed by atoms with van der Waals surface area (Å²) in [5, 5.41) is 16.6. The van der Waals surface area contributed by atoms with Crippen molar-refractivity contribution in [1.29, 1.82) is 0 Å². The van der Waals surface area contributed by atoms with E-state index in [0.717, 1.165) is 11.1 Å². The first-order valence-corrected chi connectivity index (χ1v) is 17.9. The number of hydrogen-bond acceptors (Lipinski definition) is 8. The van der Waals surface area contributed by atoms with E-state index in [4.69, 9.17) is 18.9 Å². The minimum Gasteiger partial charge on any atom is -0.496 e. The second kappa shape index (κ2) is 18.6. The summed E-state index contributed by atoms with van der Waals surface area (Å²) in [5.74, 6) is 1.69. The molecule has 6 aromatic rings. The molecule has 0 saturated carbocycles. The Hall–Kier alpha value is -8.00. The number of rotatable bonds is 11. The summed E-state index contributed by atoms with van der Waals surface area (Å²) >= 11 is 0. The fourth-order valence-electron chi connectivity index (χ4n) is 5.70. The Bertz CT molecular complexity index is 2270. The van der Waals surface area contributed by atoms with Gasteiger partial charge in [0, 0.05) is 57.4 Å². The molecular formula is C44H40N6O8. The molecule has 0 radical (unpaired) electrons. The molecule has 14 heteroatoms. The summed E-state index contributed by atoms with van der Waals surface area (Å²) in [6.07, 6.45) is -1.34. The first-order chi connectivity index (χ1) is 28.1. The van der Waals surface area contributed by atoms with Gasteiger partial charge in [-0.2, -0.15) is 0 Å². The number of methoxy groups -OCH3 is 2. The largest absolute Gasteiger partial charge is 0.496 e. The summed E-state index contributed by atoms with van der Waals surface area (Å²) in [6.45, 7) is 3.65. The van der Waals surface area contributed by atoms with Gasteiger partial charge < -0.3 is 40.2 Å². The average molecular weight is 781 g/mol. The Morgan fingerprint density at radius 3 is 1.16 bits per heavy atom. The van der Waals surface area contributed by atoms with Crippen LogP contribution < -0.4 is 50.8 Å². The highest BCUT2D eigenvalue weighted by Crippen LogP contribution is 2.39. The van der Waals surface area contributed by atoms with Crippen LogP contribution >= 0.6 is 0 Å². The Morgan fingerprint density at radius 1 is 0.414 bits per heavy atom. The number of carbonyl (C=O) groups is 4. The minimum absolute atomic E-state index is 0.397. The molecule has 0 atom stereocenters. The number of para-hydroxylation sites is 2. The van der Waals surface area contributed by atoms with Gasteiger partial charge in [0.25, 0.3) is 0 Å². The lowest BCUT2D eigenvalue weighted by Gasteiger charge is -2.17. The third kappa shape index (κ3) is 10.6. The molecule has 6 amide bonds. The molecule has 0 heterocycles. The van der Waals surface area contributed by atoms with Gasteiger partial charge in [-0.15, -0.1) is 0 Å². The van der Waals surface area contributed by atoms with Gasteiger partial charge in [-0.3, -0.25) is 10.6 Å². The number of anilines is 6. The molecule has 6 rings (SSSR count). The van der Waals surface area contributed by atoms with E-state index in [0.29, 0.717) is 68.2 Å². The van der Waals surface area contributed by atoms with Crippen LogP contribution in [0.1, 0.15) is 11.1 Å². The Kier molecular flexibility index (Phi) is 12.7. The monoisotopic (exact) mass is 780 g/mol. The van der Waals surface area contributed by atoms with Gasteiger partial charge in [0.15, 0.2) is 0 Å². The van der Waals surface area contributed by atoms with Crippen molar-refractivity contribution in [2.45, 2.75) is 13.8 Å². The van der Waals surface area contributed by atoms with Crippen molar-refractivity contribution in [2.75, 3.05) is 46.1 Å². The van der Waals surface area contributed by atoms with Crippen LogP contribution in [-0.2, 0) is 0 Å². The lowest BCUT2D eigenvalue weighted by Crippen LogP contribution is -2.21. The molecule has 0 aliphatic rings. The number of amides is 6. The SMILES string of the molecule is COc1cc(NC(=O)Nc2cc(NC(=O)Oc3ccccc3)ccc2C)ccc1-c1ccc(NC(=O)Nc2cc(NC(=O)Oc3ccccc3)ccc2C)cc1OC. The normalized spacial score (nSPS) is 10.3. The van der Waals surface area contributed by atoms with Crippen LogP contribution in [0.25, 0.3) is 11.1 Å². The highest BCUT2D eigenvalue weighted by Gasteiger charge is 2.16. The summed E-state index contributed by atoms with van der Waals surface area (Å²) in [7, 11) is 3.03. The van der Waals surface area contributed by atoms with Gasteiger partial charge >= 0.3 is 24.2 Å². The molecule has 0 aliphatic heterocycles. The molecule has 0 spiro atoms. The molecule has 6 aromatic carbocycles. The van der Waals surface area contributed by atoms with E-state index in [1.165, 1.54) is 14.2 Å². The summed E-state index contributed by atoms with van der Waals surface area (Å²) in [4.78, 5) is 51.0. The highest BCUT2D eigenvalue weighted by molar-refractivity contribution is 6.02. The van der Waals surface area contributed by atoms with Gasteiger partial charge in [-0.05, 0) is 97.8 Å². The molecule has 0 bridgehead atoms. The maximum Gasteiger partial charge on any atom is 0.417 e. The molecule has 294 valence electrons. The summed E-state index contributed by atoms with van der Waals surface area (Å²) in [5.41, 5.74) is 5.61. The molecule has 6 N–H and O–H groups in total. The number of ether oxygens (including phenoxy) is 4. The Morgan fingerprint density at radius 2 is 0.776 bits per heavy atom. The second-order valence-electron chi connectivity index (χ2n) is 12.7. The quantitative estimate of drug-likeness (QED) is 0.0752. The second-order valence-corrected chi connectivity index (χ2v) is 12.7. The molecule has 0 unspecified atom stereocenters. The first-order valence-electron chi connectivity index (χ1n) is 17.9. The van der Waals surface area contributed by atoms with Crippen LogP contribution in [0.5, 0.6) is 23.0 Å². The van der Waals surface area contributed by atoms with Crippen LogP contribution in [0.3, 0.4) is 0 Å². The van der Waals surface area contributed by atoms with Crippen LogP contribution in [0.2, 0.25) is 0 Å². The van der Waals surface area contributed by atoms with Crippen LogP contribution in [0.15, 0.2) is 133 Å². The van der Waals surface area contributed by atoms with E-state index in [9.17, 15) is 19.2 Å². The van der Waals surface area contributed by atoms with E-state index in [1.54, 1.807) is 121 Å². The molecule has 0 aromatic heterocycles. The molecule has 0 fully saturated rings. The first kappa shape index (κ1) is 39.7. The average Bonchev–Trinajstić information content (AvgIpc) is 3.21. The predicted molar refractivity (Wildman–Crippen MR) is 225 cm³/mol. The van der Waals surface area contributed by atoms with Gasteiger partial charge in [-0.25, -0.2) is 19.2 Å². The Balaban J connectivity index is 1.07. The molecule has 0 aliphatic carbocycles. The van der Waals surface area contributed by atoms with Crippen molar-refractivity contribution in [1.82, 2.24) is 0 Å². The third-order valence-corrected chi connectivity index (χ3v) is 8.58. The number of nitrogens with one attached hydrogen (secondary N) is 6. The smallest absolute Gasteiger partial charge is 0.417 e. The van der Waals surface area contributed by atoms with E-state index in [2.05, 4.69) is 31.9 Å². The zero-order valence-corrected chi connectivity index (χ0v) is 32.0. The summed E-state index contributed by atoms with van der Waals surface area (Å²) in [6, 6.07) is 36.8. The minimum atomic E-state index is -0.668. The van der Waals surface area contributed by atoms with Crippen molar-refractivity contribution >= 4 is 58.4 Å². The fourth-order valence-corrected chi connectivity index (χ4v) is 5.70. The maximum absolute atomic E-state index is 13.1. The molecular weight excluding hydrogens is 741 g/mol. The van der Waals surface area contributed by atoms with E-state index in [-0.39, 0.29) is 0 Å². The van der Waals surface area contributed by atoms with Gasteiger partial charge in [0.1, 0.15) is 23.0 Å². The topological polar surface area (TPSA) is 177 Å². The Labute approximate surface area is 334 Å². The number of hydrogen-bond donors (Lipinski definition) is 6. The van der Waals surface area contributed by atoms with Crippen LogP contribution in [-0.4, -0.2) is 38.5 Å². The van der Waals surface area contributed by atoms with Crippen LogP contribution in [0, 0.1) is 13.8 Å². The van der Waals surface area contributed by atoms with Crippen molar-refractivity contribution in [3.05, 3.63) is 145 Å². The fraction of sp³-hybridized carbons (Fsp3) is 0.0909. The van der Waals surface area contributed by atoms with E-state index < -0.39 is 24.2 Å². The van der Waals surface area contributed by atoms with Crippen LogP contribution in [0.4, 0.5) is 53.3 Å². The molecule has 14 nitrogen and oxygen atoms in total. The standard InChI is InChI=1S/C44H40N6O8/c1-27-15-17-29(47-43(53)57-33-11-7-5-8-12-33)23-37(27)49-41(51)45-31-19-21-35(39(25-31)55-3)36-22-20-32(26-40(36)56-4)46-42(52)50-38-24-30(18-16-28(38)2)48-44(54)58-34-13-9-6-10-14-34/h5-26H,1-4H3,(H,47,53)(H,48,54)(H2,45,49,51)(H2,46,50,52).